The first-order valence-electron chi connectivity index (χ1n) is 5.97. The van der Waals surface area contributed by atoms with Crippen LogP contribution in [-0.4, -0.2) is 13.1 Å². The van der Waals surface area contributed by atoms with Crippen LogP contribution in [-0.2, 0) is 6.18 Å². The molecule has 1 fully saturated rings. The average Bonchev–Trinajstić information content (AvgIpc) is 2.27. The van der Waals surface area contributed by atoms with E-state index in [9.17, 15) is 17.6 Å². The molecule has 0 aromatic heterocycles. The van der Waals surface area contributed by atoms with Gasteiger partial charge in [0.2, 0.25) is 0 Å². The minimum Gasteiger partial charge on any atom is -0.316 e. The molecule has 0 spiro atoms. The van der Waals surface area contributed by atoms with Crippen molar-refractivity contribution in [2.75, 3.05) is 13.1 Å². The minimum atomic E-state index is -4.62. The van der Waals surface area contributed by atoms with E-state index in [1.807, 2.05) is 6.92 Å². The number of nitrogens with one attached hydrogen (secondary N) is 1. The lowest BCUT2D eigenvalue weighted by Crippen LogP contribution is -2.33. The normalized spacial score (nSPS) is 25.2. The van der Waals surface area contributed by atoms with Gasteiger partial charge in [-0.25, -0.2) is 4.39 Å². The van der Waals surface area contributed by atoms with Gasteiger partial charge in [0, 0.05) is 0 Å². The fraction of sp³-hybridized carbons (Fsp3) is 0.538. The number of rotatable bonds is 1. The Morgan fingerprint density at radius 1 is 1.28 bits per heavy atom. The maximum absolute atomic E-state index is 13.5. The van der Waals surface area contributed by atoms with Crippen molar-refractivity contribution in [2.24, 2.45) is 5.92 Å². The van der Waals surface area contributed by atoms with E-state index in [0.29, 0.717) is 11.5 Å². The van der Waals surface area contributed by atoms with Crippen LogP contribution in [0.3, 0.4) is 0 Å². The van der Waals surface area contributed by atoms with Crippen molar-refractivity contribution in [3.63, 3.8) is 0 Å². The first kappa shape index (κ1) is 13.3. The van der Waals surface area contributed by atoms with Gasteiger partial charge in [0.1, 0.15) is 5.82 Å². The molecule has 1 aliphatic rings. The lowest BCUT2D eigenvalue weighted by atomic mass is 9.82. The van der Waals surface area contributed by atoms with E-state index >= 15 is 0 Å². The Morgan fingerprint density at radius 3 is 2.56 bits per heavy atom. The highest BCUT2D eigenvalue weighted by atomic mass is 19.4. The molecule has 2 atom stereocenters. The summed E-state index contributed by atoms with van der Waals surface area (Å²) >= 11 is 0. The van der Waals surface area contributed by atoms with Crippen molar-refractivity contribution in [3.8, 4) is 0 Å². The summed E-state index contributed by atoms with van der Waals surface area (Å²) in [4.78, 5) is 0. The highest BCUT2D eigenvalue weighted by molar-refractivity contribution is 5.29. The van der Waals surface area contributed by atoms with Crippen LogP contribution in [0.4, 0.5) is 17.6 Å². The standard InChI is InChI=1S/C13H15F4N/c1-8-7-18-5-4-10(8)9-2-3-11(12(14)6-9)13(15,16)17/h2-3,6,8,10,18H,4-5,7H2,1H3/t8-,10+/m0/s1. The predicted molar refractivity (Wildman–Crippen MR) is 60.8 cm³/mol. The van der Waals surface area contributed by atoms with Gasteiger partial charge in [0.15, 0.2) is 0 Å². The van der Waals surface area contributed by atoms with Crippen molar-refractivity contribution >= 4 is 0 Å². The molecule has 5 heteroatoms. The second-order valence-electron chi connectivity index (χ2n) is 4.81. The van der Waals surface area contributed by atoms with Crippen molar-refractivity contribution in [1.82, 2.24) is 5.32 Å². The van der Waals surface area contributed by atoms with Gasteiger partial charge >= 0.3 is 6.18 Å². The lowest BCUT2D eigenvalue weighted by molar-refractivity contribution is -0.140. The quantitative estimate of drug-likeness (QED) is 0.762. The molecule has 1 aromatic carbocycles. The third-order valence-electron chi connectivity index (χ3n) is 3.51. The molecule has 0 radical (unpaired) electrons. The summed E-state index contributed by atoms with van der Waals surface area (Å²) in [7, 11) is 0. The first-order chi connectivity index (χ1) is 8.39. The largest absolute Gasteiger partial charge is 0.419 e. The number of halogens is 4. The van der Waals surface area contributed by atoms with Gasteiger partial charge < -0.3 is 5.32 Å². The average molecular weight is 261 g/mol. The van der Waals surface area contributed by atoms with Crippen LogP contribution in [0.1, 0.15) is 30.4 Å². The van der Waals surface area contributed by atoms with Crippen molar-refractivity contribution < 1.29 is 17.6 Å². The second kappa shape index (κ2) is 4.88. The third kappa shape index (κ3) is 2.66. The zero-order chi connectivity index (χ0) is 13.3. The summed E-state index contributed by atoms with van der Waals surface area (Å²) in [5.74, 6) is -0.747. The maximum Gasteiger partial charge on any atom is 0.419 e. The third-order valence-corrected chi connectivity index (χ3v) is 3.51. The molecule has 1 heterocycles. The van der Waals surface area contributed by atoms with Gasteiger partial charge in [0.05, 0.1) is 5.56 Å². The number of alkyl halides is 3. The Labute approximate surface area is 103 Å². The molecule has 1 N–H and O–H groups in total. The SMILES string of the molecule is C[C@H]1CNCC[C@H]1c1ccc(C(F)(F)F)c(F)c1. The van der Waals surface area contributed by atoms with Gasteiger partial charge in [-0.1, -0.05) is 13.0 Å². The molecule has 1 nitrogen and oxygen atoms in total. The van der Waals surface area contributed by atoms with E-state index < -0.39 is 17.6 Å². The molecule has 2 rings (SSSR count). The molecule has 1 aliphatic heterocycles. The number of piperidine rings is 1. The Balaban J connectivity index is 2.28. The van der Waals surface area contributed by atoms with Crippen LogP contribution in [0.25, 0.3) is 0 Å². The highest BCUT2D eigenvalue weighted by Gasteiger charge is 2.34. The van der Waals surface area contributed by atoms with Gasteiger partial charge in [-0.05, 0) is 49.0 Å². The molecule has 0 bridgehead atoms. The van der Waals surface area contributed by atoms with Gasteiger partial charge in [0.25, 0.3) is 0 Å². The fourth-order valence-corrected chi connectivity index (χ4v) is 2.50. The summed E-state index contributed by atoms with van der Waals surface area (Å²) in [6.45, 7) is 3.65. The number of hydrogen-bond donors (Lipinski definition) is 1. The van der Waals surface area contributed by atoms with E-state index in [2.05, 4.69) is 5.32 Å². The van der Waals surface area contributed by atoms with E-state index in [1.165, 1.54) is 6.07 Å². The topological polar surface area (TPSA) is 12.0 Å². The van der Waals surface area contributed by atoms with Crippen LogP contribution in [0.15, 0.2) is 18.2 Å². The number of benzene rings is 1. The van der Waals surface area contributed by atoms with E-state index in [-0.39, 0.29) is 5.92 Å². The van der Waals surface area contributed by atoms with Gasteiger partial charge in [-0.15, -0.1) is 0 Å². The van der Waals surface area contributed by atoms with E-state index in [1.54, 1.807) is 0 Å². The summed E-state index contributed by atoms with van der Waals surface area (Å²) in [5.41, 5.74) is -0.526. The Morgan fingerprint density at radius 2 is 2.00 bits per heavy atom. The second-order valence-corrected chi connectivity index (χ2v) is 4.81. The predicted octanol–water partition coefficient (Wildman–Crippen LogP) is 3.56. The van der Waals surface area contributed by atoms with Crippen LogP contribution < -0.4 is 5.32 Å². The van der Waals surface area contributed by atoms with E-state index in [0.717, 1.165) is 31.6 Å². The summed E-state index contributed by atoms with van der Waals surface area (Å²) in [6, 6.07) is 3.28. The summed E-state index contributed by atoms with van der Waals surface area (Å²) < 4.78 is 50.8. The van der Waals surface area contributed by atoms with Crippen molar-refractivity contribution in [1.29, 1.82) is 0 Å². The zero-order valence-electron chi connectivity index (χ0n) is 10.0. The van der Waals surface area contributed by atoms with Gasteiger partial charge in [-0.2, -0.15) is 13.2 Å². The Hall–Kier alpha value is -1.10. The molecule has 0 amide bonds. The van der Waals surface area contributed by atoms with Crippen LogP contribution in [0.2, 0.25) is 0 Å². The monoisotopic (exact) mass is 261 g/mol. The van der Waals surface area contributed by atoms with Crippen LogP contribution >= 0.6 is 0 Å². The summed E-state index contributed by atoms with van der Waals surface area (Å²) in [6.07, 6.45) is -3.80. The lowest BCUT2D eigenvalue weighted by Gasteiger charge is -2.30. The fourth-order valence-electron chi connectivity index (χ4n) is 2.50. The first-order valence-corrected chi connectivity index (χ1v) is 5.97. The molecule has 1 saturated heterocycles. The molecule has 18 heavy (non-hydrogen) atoms. The van der Waals surface area contributed by atoms with Crippen LogP contribution in [0.5, 0.6) is 0 Å². The van der Waals surface area contributed by atoms with Crippen molar-refractivity contribution in [2.45, 2.75) is 25.4 Å². The van der Waals surface area contributed by atoms with E-state index in [4.69, 9.17) is 0 Å². The number of hydrogen-bond acceptors (Lipinski definition) is 1. The molecule has 100 valence electrons. The molecule has 0 unspecified atom stereocenters. The molecular weight excluding hydrogens is 246 g/mol. The molecule has 0 aliphatic carbocycles. The van der Waals surface area contributed by atoms with Gasteiger partial charge in [-0.3, -0.25) is 0 Å². The van der Waals surface area contributed by atoms with Crippen LogP contribution in [0, 0.1) is 11.7 Å². The maximum atomic E-state index is 13.5. The molecular formula is C13H15F4N. The minimum absolute atomic E-state index is 0.128. The Bertz CT molecular complexity index is 427. The highest BCUT2D eigenvalue weighted by Crippen LogP contribution is 2.35. The Kier molecular flexibility index (Phi) is 3.61. The van der Waals surface area contributed by atoms with Crippen molar-refractivity contribution in [3.05, 3.63) is 35.1 Å². The zero-order valence-corrected chi connectivity index (χ0v) is 10.0. The molecule has 1 aromatic rings. The smallest absolute Gasteiger partial charge is 0.316 e. The molecule has 0 saturated carbocycles. The summed E-state index contributed by atoms with van der Waals surface area (Å²) in [5, 5.41) is 3.21.